The quantitative estimate of drug-likeness (QED) is 0.202. The fourth-order valence-electron chi connectivity index (χ4n) is 2.90. The SMILES string of the molecule is CC.CCC(=O)O.O=C(O)CNC(=O)N/C(=C/CCCNCc1cccc2c1C=CCC2)C(=O)O. The van der Waals surface area contributed by atoms with Gasteiger partial charge in [0.1, 0.15) is 12.2 Å². The molecule has 0 bridgehead atoms. The van der Waals surface area contributed by atoms with Gasteiger partial charge in [0.15, 0.2) is 0 Å². The van der Waals surface area contributed by atoms with E-state index in [0.717, 1.165) is 19.4 Å². The zero-order valence-electron chi connectivity index (χ0n) is 20.6. The second-order valence-corrected chi connectivity index (χ2v) is 7.12. The second-order valence-electron chi connectivity index (χ2n) is 7.12. The van der Waals surface area contributed by atoms with Crippen molar-refractivity contribution in [3.63, 3.8) is 0 Å². The highest BCUT2D eigenvalue weighted by Crippen LogP contribution is 2.22. The molecule has 0 aliphatic heterocycles. The normalized spacial score (nSPS) is 11.6. The van der Waals surface area contributed by atoms with E-state index in [1.54, 1.807) is 6.92 Å². The fraction of sp³-hybridized carbons (Fsp3) is 0.440. The van der Waals surface area contributed by atoms with Gasteiger partial charge in [0.2, 0.25) is 0 Å². The molecule has 194 valence electrons. The van der Waals surface area contributed by atoms with Gasteiger partial charge in [-0.3, -0.25) is 9.59 Å². The van der Waals surface area contributed by atoms with Crippen LogP contribution in [0.15, 0.2) is 36.0 Å². The molecule has 1 aromatic rings. The number of carboxylic acid groups (broad SMARTS) is 3. The van der Waals surface area contributed by atoms with Crippen molar-refractivity contribution in [1.29, 1.82) is 0 Å². The van der Waals surface area contributed by atoms with Crippen molar-refractivity contribution in [3.05, 3.63) is 52.7 Å². The van der Waals surface area contributed by atoms with Crippen LogP contribution in [0.1, 0.15) is 63.1 Å². The van der Waals surface area contributed by atoms with Gasteiger partial charge in [-0.2, -0.15) is 0 Å². The third kappa shape index (κ3) is 14.3. The van der Waals surface area contributed by atoms with Crippen molar-refractivity contribution >= 4 is 30.0 Å². The molecule has 2 rings (SSSR count). The number of rotatable bonds is 11. The Hall–Kier alpha value is -3.66. The van der Waals surface area contributed by atoms with E-state index in [-0.39, 0.29) is 12.1 Å². The van der Waals surface area contributed by atoms with Crippen LogP contribution in [0.4, 0.5) is 4.79 Å². The van der Waals surface area contributed by atoms with E-state index in [4.69, 9.17) is 15.3 Å². The Morgan fingerprint density at radius 2 is 1.74 bits per heavy atom. The van der Waals surface area contributed by atoms with Crippen molar-refractivity contribution in [2.75, 3.05) is 13.1 Å². The first kappa shape index (κ1) is 31.3. The number of carbonyl (C=O) groups excluding carboxylic acids is 1. The third-order valence-corrected chi connectivity index (χ3v) is 4.55. The van der Waals surface area contributed by atoms with Gasteiger partial charge in [0.25, 0.3) is 0 Å². The number of hydrogen-bond acceptors (Lipinski definition) is 5. The van der Waals surface area contributed by atoms with Crippen LogP contribution in [0.2, 0.25) is 0 Å². The van der Waals surface area contributed by atoms with Crippen LogP contribution in [0.5, 0.6) is 0 Å². The number of nitrogens with one attached hydrogen (secondary N) is 3. The Morgan fingerprint density at radius 1 is 1.06 bits per heavy atom. The zero-order valence-corrected chi connectivity index (χ0v) is 20.6. The van der Waals surface area contributed by atoms with Crippen LogP contribution >= 0.6 is 0 Å². The molecule has 0 unspecified atom stereocenters. The second kappa shape index (κ2) is 18.7. The lowest BCUT2D eigenvalue weighted by molar-refractivity contribution is -0.137. The number of fused-ring (bicyclic) bond motifs is 1. The number of carbonyl (C=O) groups is 4. The summed E-state index contributed by atoms with van der Waals surface area (Å²) >= 11 is 0. The number of carboxylic acids is 3. The highest BCUT2D eigenvalue weighted by molar-refractivity contribution is 5.92. The Bertz CT molecular complexity index is 895. The molecule has 0 aromatic heterocycles. The number of allylic oxidation sites excluding steroid dienone is 2. The summed E-state index contributed by atoms with van der Waals surface area (Å²) in [4.78, 5) is 42.4. The molecule has 0 atom stereocenters. The predicted molar refractivity (Wildman–Crippen MR) is 134 cm³/mol. The predicted octanol–water partition coefficient (Wildman–Crippen LogP) is 3.38. The van der Waals surface area contributed by atoms with E-state index >= 15 is 0 Å². The largest absolute Gasteiger partial charge is 0.481 e. The summed E-state index contributed by atoms with van der Waals surface area (Å²) in [5.41, 5.74) is 3.62. The van der Waals surface area contributed by atoms with Crippen LogP contribution in [0.3, 0.4) is 0 Å². The first-order chi connectivity index (χ1) is 16.7. The van der Waals surface area contributed by atoms with E-state index in [1.165, 1.54) is 22.8 Å². The molecule has 10 nitrogen and oxygen atoms in total. The summed E-state index contributed by atoms with van der Waals surface area (Å²) < 4.78 is 0. The number of amides is 2. The Morgan fingerprint density at radius 3 is 2.34 bits per heavy atom. The van der Waals surface area contributed by atoms with Gasteiger partial charge in [-0.25, -0.2) is 9.59 Å². The van der Waals surface area contributed by atoms with Crippen molar-refractivity contribution in [2.45, 2.75) is 59.4 Å². The van der Waals surface area contributed by atoms with Crippen molar-refractivity contribution in [3.8, 4) is 0 Å². The van der Waals surface area contributed by atoms with E-state index in [1.807, 2.05) is 19.2 Å². The number of aryl methyl sites for hydroxylation is 1. The summed E-state index contributed by atoms with van der Waals surface area (Å²) in [5, 5.41) is 32.9. The van der Waals surface area contributed by atoms with Gasteiger partial charge >= 0.3 is 23.9 Å². The molecule has 0 radical (unpaired) electrons. The smallest absolute Gasteiger partial charge is 0.352 e. The molecule has 0 saturated heterocycles. The summed E-state index contributed by atoms with van der Waals surface area (Å²) in [6, 6.07) is 5.46. The maximum Gasteiger partial charge on any atom is 0.352 e. The summed E-state index contributed by atoms with van der Waals surface area (Å²) in [7, 11) is 0. The van der Waals surface area contributed by atoms with Crippen molar-refractivity contribution < 1.29 is 34.5 Å². The van der Waals surface area contributed by atoms with Crippen LogP contribution in [-0.4, -0.2) is 52.3 Å². The topological polar surface area (TPSA) is 165 Å². The fourth-order valence-corrected chi connectivity index (χ4v) is 2.90. The first-order valence-corrected chi connectivity index (χ1v) is 11.6. The van der Waals surface area contributed by atoms with Gasteiger partial charge in [-0.05, 0) is 48.9 Å². The van der Waals surface area contributed by atoms with Crippen LogP contribution in [0, 0.1) is 0 Å². The molecule has 10 heteroatoms. The molecule has 2 amide bonds. The monoisotopic (exact) mass is 491 g/mol. The average molecular weight is 492 g/mol. The van der Waals surface area contributed by atoms with Gasteiger partial charge in [-0.1, -0.05) is 57.2 Å². The Kier molecular flexibility index (Phi) is 16.8. The summed E-state index contributed by atoms with van der Waals surface area (Å²) in [6.45, 7) is 6.45. The van der Waals surface area contributed by atoms with Gasteiger partial charge < -0.3 is 31.3 Å². The minimum atomic E-state index is -1.28. The molecular weight excluding hydrogens is 454 g/mol. The van der Waals surface area contributed by atoms with Crippen LogP contribution < -0.4 is 16.0 Å². The molecular formula is C25H37N3O7. The van der Waals surface area contributed by atoms with E-state index in [9.17, 15) is 19.2 Å². The molecule has 35 heavy (non-hydrogen) atoms. The average Bonchev–Trinajstić information content (AvgIpc) is 2.85. The third-order valence-electron chi connectivity index (χ3n) is 4.55. The minimum absolute atomic E-state index is 0.222. The van der Waals surface area contributed by atoms with Gasteiger partial charge in [-0.15, -0.1) is 0 Å². The van der Waals surface area contributed by atoms with Gasteiger partial charge in [0, 0.05) is 13.0 Å². The van der Waals surface area contributed by atoms with Crippen LogP contribution in [0.25, 0.3) is 6.08 Å². The van der Waals surface area contributed by atoms with E-state index in [0.29, 0.717) is 19.4 Å². The molecule has 0 heterocycles. The number of unbranched alkanes of at least 4 members (excludes halogenated alkanes) is 1. The maximum absolute atomic E-state index is 11.5. The van der Waals surface area contributed by atoms with Crippen LogP contribution in [-0.2, 0) is 27.3 Å². The van der Waals surface area contributed by atoms with E-state index < -0.39 is 30.5 Å². The Balaban J connectivity index is 0.00000146. The highest BCUT2D eigenvalue weighted by Gasteiger charge is 2.12. The molecule has 6 N–H and O–H groups in total. The molecule has 1 aromatic carbocycles. The zero-order chi connectivity index (χ0) is 26.6. The molecule has 0 fully saturated rings. The molecule has 1 aliphatic rings. The standard InChI is InChI=1S/C20H25N3O5.C3H6O2.C2H6/c24-18(25)13-22-20(28)23-17(19(26)27)10-3-4-11-21-12-15-8-5-7-14-6-1-2-9-16(14)15;1-2-3(4)5;1-2/h2,5,7-10,21H,1,3-4,6,11-13H2,(H,24,25)(H,26,27)(H2,22,23,28);2H2,1H3,(H,4,5);1-2H3/b17-10+;;. The lowest BCUT2D eigenvalue weighted by atomic mass is 9.93. The molecule has 1 aliphatic carbocycles. The van der Waals surface area contributed by atoms with E-state index in [2.05, 4.69) is 41.0 Å². The maximum atomic E-state index is 11.5. The lowest BCUT2D eigenvalue weighted by Gasteiger charge is -2.15. The highest BCUT2D eigenvalue weighted by atomic mass is 16.4. The summed E-state index contributed by atoms with van der Waals surface area (Å²) in [5.74, 6) is -3.23. The molecule has 0 saturated carbocycles. The number of benzene rings is 1. The number of aliphatic carboxylic acids is 3. The lowest BCUT2D eigenvalue weighted by Crippen LogP contribution is -2.39. The van der Waals surface area contributed by atoms with Crippen molar-refractivity contribution in [1.82, 2.24) is 16.0 Å². The summed E-state index contributed by atoms with van der Waals surface area (Å²) in [6.07, 6.45) is 9.28. The first-order valence-electron chi connectivity index (χ1n) is 11.6. The minimum Gasteiger partial charge on any atom is -0.481 e. The molecule has 0 spiro atoms. The van der Waals surface area contributed by atoms with Gasteiger partial charge in [0.05, 0.1) is 0 Å². The Labute approximate surface area is 206 Å². The number of hydrogen-bond donors (Lipinski definition) is 6. The number of urea groups is 1. The van der Waals surface area contributed by atoms with Crippen molar-refractivity contribution in [2.24, 2.45) is 0 Å².